The van der Waals surface area contributed by atoms with E-state index >= 15 is 0 Å². The Bertz CT molecular complexity index is 423. The maximum Gasteiger partial charge on any atom is 0.372 e. The van der Waals surface area contributed by atoms with E-state index in [-0.39, 0.29) is 25.2 Å². The van der Waals surface area contributed by atoms with Gasteiger partial charge in [-0.2, -0.15) is 0 Å². The Kier molecular flexibility index (Phi) is 9.22. The van der Waals surface area contributed by atoms with Crippen molar-refractivity contribution in [2.45, 2.75) is 37.8 Å². The first kappa shape index (κ1) is 19.6. The Morgan fingerprint density at radius 2 is 1.50 bits per heavy atom. The number of aliphatic imine (C=N–C) groups is 1. The summed E-state index contributed by atoms with van der Waals surface area (Å²) in [4.78, 5) is 45.2. The van der Waals surface area contributed by atoms with Crippen LogP contribution in [-0.4, -0.2) is 47.6 Å². The summed E-state index contributed by atoms with van der Waals surface area (Å²) in [5, 5.41) is 8.44. The molecule has 0 rings (SSSR count). The van der Waals surface area contributed by atoms with Crippen LogP contribution in [0, 0.1) is 0 Å². The van der Waals surface area contributed by atoms with Crippen LogP contribution in [-0.2, 0) is 24.2 Å². The molecule has 11 heteroatoms. The minimum Gasteiger partial charge on any atom is -0.481 e. The van der Waals surface area contributed by atoms with Crippen molar-refractivity contribution < 1.29 is 29.3 Å². The standard InChI is InChI=1S/C11H21N5O6/c12-6(2-1-5-16-11(14)15)9(19)21-22-10(20)7(13)3-4-8(17)18/h6-7H,1-5,12-13H2,(H,17,18)(H4,14,15,16)/t6-,7+/m0/s1. The van der Waals surface area contributed by atoms with Gasteiger partial charge in [-0.25, -0.2) is 19.4 Å². The number of carboxylic acid groups (broad SMARTS) is 1. The molecule has 0 radical (unpaired) electrons. The van der Waals surface area contributed by atoms with E-state index in [1.165, 1.54) is 0 Å². The maximum absolute atomic E-state index is 11.4. The van der Waals surface area contributed by atoms with Crippen molar-refractivity contribution >= 4 is 23.9 Å². The zero-order chi connectivity index (χ0) is 17.1. The van der Waals surface area contributed by atoms with Gasteiger partial charge >= 0.3 is 17.9 Å². The lowest BCUT2D eigenvalue weighted by Gasteiger charge is -2.11. The fourth-order valence-electron chi connectivity index (χ4n) is 1.24. The summed E-state index contributed by atoms with van der Waals surface area (Å²) in [5.74, 6) is -3.19. The summed E-state index contributed by atoms with van der Waals surface area (Å²) < 4.78 is 0. The molecule has 0 heterocycles. The molecule has 0 saturated carbocycles. The summed E-state index contributed by atoms with van der Waals surface area (Å²) in [6.07, 6.45) is 0.198. The minimum atomic E-state index is -1.21. The number of nitrogens with two attached hydrogens (primary N) is 4. The number of guanidine groups is 1. The Hall–Kier alpha value is -2.40. The molecule has 11 nitrogen and oxygen atoms in total. The van der Waals surface area contributed by atoms with Crippen LogP contribution in [0.5, 0.6) is 0 Å². The highest BCUT2D eigenvalue weighted by atomic mass is 17.2. The Morgan fingerprint density at radius 1 is 1.00 bits per heavy atom. The fraction of sp³-hybridized carbons (Fsp3) is 0.636. The first-order valence-electron chi connectivity index (χ1n) is 6.44. The van der Waals surface area contributed by atoms with Crippen molar-refractivity contribution in [1.82, 2.24) is 0 Å². The molecular formula is C11H21N5O6. The van der Waals surface area contributed by atoms with Crippen molar-refractivity contribution in [3.63, 3.8) is 0 Å². The van der Waals surface area contributed by atoms with Crippen LogP contribution < -0.4 is 22.9 Å². The van der Waals surface area contributed by atoms with Gasteiger partial charge in [0.2, 0.25) is 0 Å². The van der Waals surface area contributed by atoms with Crippen molar-refractivity contribution in [3.05, 3.63) is 0 Å². The molecule has 2 atom stereocenters. The van der Waals surface area contributed by atoms with Crippen LogP contribution in [0.4, 0.5) is 0 Å². The summed E-state index contributed by atoms with van der Waals surface area (Å²) in [6.45, 7) is 0.295. The lowest BCUT2D eigenvalue weighted by atomic mass is 10.2. The molecular weight excluding hydrogens is 298 g/mol. The molecule has 9 N–H and O–H groups in total. The monoisotopic (exact) mass is 319 g/mol. The second kappa shape index (κ2) is 10.3. The topological polar surface area (TPSA) is 206 Å². The predicted molar refractivity (Wildman–Crippen MR) is 74.9 cm³/mol. The van der Waals surface area contributed by atoms with Gasteiger partial charge in [-0.05, 0) is 19.3 Å². The Labute approximate surface area is 126 Å². The zero-order valence-corrected chi connectivity index (χ0v) is 11.9. The van der Waals surface area contributed by atoms with Gasteiger partial charge in [0, 0.05) is 13.0 Å². The van der Waals surface area contributed by atoms with Crippen molar-refractivity contribution in [2.75, 3.05) is 6.54 Å². The Balaban J connectivity index is 3.97. The number of aliphatic carboxylic acids is 1. The van der Waals surface area contributed by atoms with Crippen LogP contribution in [0.1, 0.15) is 25.7 Å². The summed E-state index contributed by atoms with van der Waals surface area (Å²) in [6, 6.07) is -2.22. The van der Waals surface area contributed by atoms with Gasteiger partial charge in [-0.3, -0.25) is 9.79 Å². The third-order valence-corrected chi connectivity index (χ3v) is 2.45. The molecule has 126 valence electrons. The van der Waals surface area contributed by atoms with E-state index in [4.69, 9.17) is 28.0 Å². The molecule has 0 aliphatic heterocycles. The first-order chi connectivity index (χ1) is 10.2. The molecule has 0 amide bonds. The number of carbonyl (C=O) groups excluding carboxylic acids is 2. The quantitative estimate of drug-likeness (QED) is 0.0996. The van der Waals surface area contributed by atoms with Gasteiger partial charge in [0.15, 0.2) is 5.96 Å². The summed E-state index contributed by atoms with van der Waals surface area (Å²) in [7, 11) is 0. The van der Waals surface area contributed by atoms with Crippen LogP contribution in [0.2, 0.25) is 0 Å². The number of hydrogen-bond acceptors (Lipinski definition) is 8. The molecule has 0 aliphatic rings. The lowest BCUT2D eigenvalue weighted by molar-refractivity contribution is -0.261. The van der Waals surface area contributed by atoms with Crippen molar-refractivity contribution in [3.8, 4) is 0 Å². The first-order valence-corrected chi connectivity index (χ1v) is 6.44. The van der Waals surface area contributed by atoms with Crippen LogP contribution in [0.25, 0.3) is 0 Å². The van der Waals surface area contributed by atoms with E-state index < -0.39 is 30.0 Å². The average Bonchev–Trinajstić information content (AvgIpc) is 2.45. The fourth-order valence-corrected chi connectivity index (χ4v) is 1.24. The van der Waals surface area contributed by atoms with E-state index in [0.29, 0.717) is 13.0 Å². The molecule has 0 aromatic heterocycles. The van der Waals surface area contributed by atoms with Gasteiger partial charge in [0.1, 0.15) is 12.1 Å². The molecule has 0 unspecified atom stereocenters. The highest BCUT2D eigenvalue weighted by molar-refractivity contribution is 5.79. The zero-order valence-electron chi connectivity index (χ0n) is 11.9. The second-order valence-electron chi connectivity index (χ2n) is 4.40. The molecule has 0 aromatic rings. The minimum absolute atomic E-state index is 0.0690. The lowest BCUT2D eigenvalue weighted by Crippen LogP contribution is -2.37. The highest BCUT2D eigenvalue weighted by Gasteiger charge is 2.22. The average molecular weight is 319 g/mol. The molecule has 22 heavy (non-hydrogen) atoms. The third-order valence-electron chi connectivity index (χ3n) is 2.45. The van der Waals surface area contributed by atoms with Gasteiger partial charge in [-0.15, -0.1) is 0 Å². The predicted octanol–water partition coefficient (Wildman–Crippen LogP) is -2.44. The highest BCUT2D eigenvalue weighted by Crippen LogP contribution is 2.01. The number of hydrogen-bond donors (Lipinski definition) is 5. The van der Waals surface area contributed by atoms with E-state index in [2.05, 4.69) is 14.8 Å². The van der Waals surface area contributed by atoms with Gasteiger partial charge in [0.05, 0.1) is 0 Å². The number of rotatable bonds is 9. The number of nitrogens with zero attached hydrogens (tertiary/aromatic N) is 1. The number of carbonyl (C=O) groups is 3. The molecule has 0 fully saturated rings. The molecule has 0 aliphatic carbocycles. The van der Waals surface area contributed by atoms with E-state index in [1.54, 1.807) is 0 Å². The van der Waals surface area contributed by atoms with Crippen molar-refractivity contribution in [2.24, 2.45) is 27.9 Å². The van der Waals surface area contributed by atoms with Gasteiger partial charge in [0.25, 0.3) is 0 Å². The molecule has 0 aromatic carbocycles. The summed E-state index contributed by atoms with van der Waals surface area (Å²) in [5.41, 5.74) is 21.1. The van der Waals surface area contributed by atoms with Crippen LogP contribution in [0.3, 0.4) is 0 Å². The van der Waals surface area contributed by atoms with E-state index in [9.17, 15) is 14.4 Å². The smallest absolute Gasteiger partial charge is 0.372 e. The Morgan fingerprint density at radius 3 is 1.95 bits per heavy atom. The normalized spacial score (nSPS) is 12.8. The maximum atomic E-state index is 11.4. The molecule has 0 saturated heterocycles. The molecule has 0 spiro atoms. The second-order valence-corrected chi connectivity index (χ2v) is 4.40. The largest absolute Gasteiger partial charge is 0.481 e. The van der Waals surface area contributed by atoms with Gasteiger partial charge < -0.3 is 28.0 Å². The van der Waals surface area contributed by atoms with Gasteiger partial charge in [-0.1, -0.05) is 0 Å². The van der Waals surface area contributed by atoms with Crippen LogP contribution in [0.15, 0.2) is 4.99 Å². The van der Waals surface area contributed by atoms with Crippen molar-refractivity contribution in [1.29, 1.82) is 0 Å². The molecule has 0 bridgehead atoms. The van der Waals surface area contributed by atoms with Crippen LogP contribution >= 0.6 is 0 Å². The van der Waals surface area contributed by atoms with E-state index in [0.717, 1.165) is 0 Å². The van der Waals surface area contributed by atoms with E-state index in [1.807, 2.05) is 0 Å². The SMILES string of the molecule is NC(N)=NCCC[C@H](N)C(=O)OOC(=O)[C@H](N)CCC(=O)O. The number of carboxylic acids is 1. The third kappa shape index (κ3) is 9.50. The summed E-state index contributed by atoms with van der Waals surface area (Å²) >= 11 is 0.